The van der Waals surface area contributed by atoms with E-state index >= 15 is 0 Å². The Balaban J connectivity index is 1.74. The van der Waals surface area contributed by atoms with Crippen molar-refractivity contribution in [3.63, 3.8) is 0 Å². The second-order valence-electron chi connectivity index (χ2n) is 7.44. The summed E-state index contributed by atoms with van der Waals surface area (Å²) in [7, 11) is 0. The number of carbonyl (C=O) groups is 1. The molecule has 0 bridgehead atoms. The molecule has 1 aromatic heterocycles. The van der Waals surface area contributed by atoms with Gasteiger partial charge in [-0.1, -0.05) is 60.1 Å². The van der Waals surface area contributed by atoms with Gasteiger partial charge in [-0.25, -0.2) is 0 Å². The summed E-state index contributed by atoms with van der Waals surface area (Å²) in [5, 5.41) is 12.6. The molecular weight excluding hydrogens is 380 g/mol. The van der Waals surface area contributed by atoms with Gasteiger partial charge in [-0.3, -0.25) is 4.79 Å². The number of amides is 1. The monoisotopic (exact) mass is 408 g/mol. The van der Waals surface area contributed by atoms with Gasteiger partial charge < -0.3 is 9.88 Å². The van der Waals surface area contributed by atoms with Gasteiger partial charge in [0.15, 0.2) is 11.0 Å². The third kappa shape index (κ3) is 5.07. The SMILES string of the molecule is CCCn1c(SCC(=O)Nc2c(C)cc(C)cc2C)nnc1-c1cccc(C)c1. The van der Waals surface area contributed by atoms with Crippen LogP contribution in [0.25, 0.3) is 11.4 Å². The summed E-state index contributed by atoms with van der Waals surface area (Å²) in [6.07, 6.45) is 0.971. The molecule has 0 aliphatic rings. The number of nitrogens with zero attached hydrogens (tertiary/aromatic N) is 3. The summed E-state index contributed by atoms with van der Waals surface area (Å²) >= 11 is 1.43. The van der Waals surface area contributed by atoms with Crippen molar-refractivity contribution >= 4 is 23.4 Å². The summed E-state index contributed by atoms with van der Waals surface area (Å²) in [5.74, 6) is 1.11. The number of hydrogen-bond acceptors (Lipinski definition) is 4. The molecule has 3 rings (SSSR count). The van der Waals surface area contributed by atoms with Crippen LogP contribution in [-0.4, -0.2) is 26.4 Å². The lowest BCUT2D eigenvalue weighted by Gasteiger charge is -2.13. The van der Waals surface area contributed by atoms with Crippen molar-refractivity contribution in [2.75, 3.05) is 11.1 Å². The normalized spacial score (nSPS) is 10.9. The first-order valence-corrected chi connectivity index (χ1v) is 10.9. The summed E-state index contributed by atoms with van der Waals surface area (Å²) in [5.41, 5.74) is 6.49. The Morgan fingerprint density at radius 2 is 1.76 bits per heavy atom. The maximum absolute atomic E-state index is 12.6. The number of benzene rings is 2. The third-order valence-electron chi connectivity index (χ3n) is 4.71. The van der Waals surface area contributed by atoms with Crippen LogP contribution >= 0.6 is 11.8 Å². The lowest BCUT2D eigenvalue weighted by molar-refractivity contribution is -0.113. The fourth-order valence-electron chi connectivity index (χ4n) is 3.50. The molecule has 5 nitrogen and oxygen atoms in total. The van der Waals surface area contributed by atoms with Crippen LogP contribution in [0.1, 0.15) is 35.6 Å². The molecule has 0 atom stereocenters. The van der Waals surface area contributed by atoms with Gasteiger partial charge >= 0.3 is 0 Å². The van der Waals surface area contributed by atoms with Gasteiger partial charge in [0.05, 0.1) is 5.75 Å². The largest absolute Gasteiger partial charge is 0.325 e. The molecule has 0 spiro atoms. The number of carbonyl (C=O) groups excluding carboxylic acids is 1. The Labute approximate surface area is 176 Å². The quantitative estimate of drug-likeness (QED) is 0.538. The van der Waals surface area contributed by atoms with Crippen LogP contribution in [0.2, 0.25) is 0 Å². The standard InChI is InChI=1S/C23H28N4OS/c1-6-10-27-22(19-9-7-8-15(2)13-19)25-26-23(27)29-14-20(28)24-21-17(4)11-16(3)12-18(21)5/h7-9,11-13H,6,10,14H2,1-5H3,(H,24,28). The summed E-state index contributed by atoms with van der Waals surface area (Å²) in [6.45, 7) is 11.1. The number of thioether (sulfide) groups is 1. The highest BCUT2D eigenvalue weighted by Gasteiger charge is 2.16. The molecule has 1 N–H and O–H groups in total. The number of hydrogen-bond donors (Lipinski definition) is 1. The van der Waals surface area contributed by atoms with E-state index in [0.29, 0.717) is 5.75 Å². The Morgan fingerprint density at radius 3 is 2.41 bits per heavy atom. The molecule has 152 valence electrons. The van der Waals surface area contributed by atoms with Gasteiger partial charge in [0, 0.05) is 17.8 Å². The lowest BCUT2D eigenvalue weighted by atomic mass is 10.1. The van der Waals surface area contributed by atoms with E-state index in [1.807, 2.05) is 26.0 Å². The molecule has 0 fully saturated rings. The van der Waals surface area contributed by atoms with Crippen LogP contribution in [0.4, 0.5) is 5.69 Å². The van der Waals surface area contributed by atoms with E-state index < -0.39 is 0 Å². The van der Waals surface area contributed by atoms with Crippen LogP contribution in [0.15, 0.2) is 41.6 Å². The van der Waals surface area contributed by atoms with Crippen molar-refractivity contribution in [2.24, 2.45) is 0 Å². The Hall–Kier alpha value is -2.60. The van der Waals surface area contributed by atoms with Crippen molar-refractivity contribution in [1.82, 2.24) is 14.8 Å². The first-order chi connectivity index (χ1) is 13.9. The minimum atomic E-state index is -0.0341. The van der Waals surface area contributed by atoms with E-state index in [1.165, 1.54) is 22.9 Å². The summed E-state index contributed by atoms with van der Waals surface area (Å²) < 4.78 is 2.11. The third-order valence-corrected chi connectivity index (χ3v) is 5.68. The molecule has 0 aliphatic heterocycles. The molecule has 0 saturated heterocycles. The van der Waals surface area contributed by atoms with E-state index in [1.54, 1.807) is 0 Å². The molecule has 1 amide bonds. The smallest absolute Gasteiger partial charge is 0.234 e. The number of nitrogens with one attached hydrogen (secondary N) is 1. The number of anilines is 1. The molecule has 6 heteroatoms. The predicted octanol–water partition coefficient (Wildman–Crippen LogP) is 5.32. The van der Waals surface area contributed by atoms with Crippen molar-refractivity contribution in [2.45, 2.75) is 52.7 Å². The second-order valence-corrected chi connectivity index (χ2v) is 8.38. The topological polar surface area (TPSA) is 59.8 Å². The molecule has 0 aliphatic carbocycles. The molecular formula is C23H28N4OS. The maximum Gasteiger partial charge on any atom is 0.234 e. The minimum Gasteiger partial charge on any atom is -0.325 e. The lowest BCUT2D eigenvalue weighted by Crippen LogP contribution is -2.16. The molecule has 3 aromatic rings. The van der Waals surface area contributed by atoms with Crippen molar-refractivity contribution in [3.05, 3.63) is 58.7 Å². The van der Waals surface area contributed by atoms with Crippen LogP contribution in [0, 0.1) is 27.7 Å². The molecule has 0 unspecified atom stereocenters. The Bertz CT molecular complexity index is 1000. The van der Waals surface area contributed by atoms with Gasteiger partial charge in [-0.15, -0.1) is 10.2 Å². The zero-order chi connectivity index (χ0) is 21.0. The highest BCUT2D eigenvalue weighted by atomic mass is 32.2. The van der Waals surface area contributed by atoms with Crippen molar-refractivity contribution < 1.29 is 4.79 Å². The van der Waals surface area contributed by atoms with E-state index in [4.69, 9.17) is 0 Å². The maximum atomic E-state index is 12.6. The fraction of sp³-hybridized carbons (Fsp3) is 0.348. The van der Waals surface area contributed by atoms with Crippen LogP contribution in [0.3, 0.4) is 0 Å². The molecule has 0 radical (unpaired) electrons. The summed E-state index contributed by atoms with van der Waals surface area (Å²) in [4.78, 5) is 12.6. The average molecular weight is 409 g/mol. The molecule has 2 aromatic carbocycles. The van der Waals surface area contributed by atoms with Crippen molar-refractivity contribution in [1.29, 1.82) is 0 Å². The average Bonchev–Trinajstić information content (AvgIpc) is 3.06. The Morgan fingerprint density at radius 1 is 1.03 bits per heavy atom. The molecule has 0 saturated carbocycles. The van der Waals surface area contributed by atoms with Gasteiger partial charge in [0.25, 0.3) is 0 Å². The van der Waals surface area contributed by atoms with E-state index in [9.17, 15) is 4.79 Å². The summed E-state index contributed by atoms with van der Waals surface area (Å²) in [6, 6.07) is 12.4. The van der Waals surface area contributed by atoms with Crippen LogP contribution in [-0.2, 0) is 11.3 Å². The highest BCUT2D eigenvalue weighted by molar-refractivity contribution is 7.99. The van der Waals surface area contributed by atoms with Gasteiger partial charge in [0.2, 0.25) is 5.91 Å². The number of rotatable bonds is 7. The number of aromatic nitrogens is 3. The first kappa shape index (κ1) is 21.1. The highest BCUT2D eigenvalue weighted by Crippen LogP contribution is 2.26. The van der Waals surface area contributed by atoms with E-state index in [-0.39, 0.29) is 5.91 Å². The van der Waals surface area contributed by atoms with Crippen LogP contribution < -0.4 is 5.32 Å². The zero-order valence-electron chi connectivity index (χ0n) is 17.7. The van der Waals surface area contributed by atoms with Crippen molar-refractivity contribution in [3.8, 4) is 11.4 Å². The fourth-order valence-corrected chi connectivity index (χ4v) is 4.27. The first-order valence-electron chi connectivity index (χ1n) is 9.89. The van der Waals surface area contributed by atoms with E-state index in [2.05, 4.69) is 65.1 Å². The second kappa shape index (κ2) is 9.27. The van der Waals surface area contributed by atoms with Crippen LogP contribution in [0.5, 0.6) is 0 Å². The zero-order valence-corrected chi connectivity index (χ0v) is 18.6. The molecule has 1 heterocycles. The van der Waals surface area contributed by atoms with Gasteiger partial charge in [-0.2, -0.15) is 0 Å². The minimum absolute atomic E-state index is 0.0341. The van der Waals surface area contributed by atoms with Gasteiger partial charge in [-0.05, 0) is 51.3 Å². The number of aryl methyl sites for hydroxylation is 4. The molecule has 29 heavy (non-hydrogen) atoms. The Kier molecular flexibility index (Phi) is 6.75. The van der Waals surface area contributed by atoms with Gasteiger partial charge in [0.1, 0.15) is 0 Å². The predicted molar refractivity (Wildman–Crippen MR) is 120 cm³/mol. The van der Waals surface area contributed by atoms with E-state index in [0.717, 1.165) is 46.3 Å².